The van der Waals surface area contributed by atoms with Gasteiger partial charge in [-0.1, -0.05) is 30.3 Å². The zero-order chi connectivity index (χ0) is 21.0. The molecule has 2 aromatic carbocycles. The van der Waals surface area contributed by atoms with Crippen LogP contribution in [0.1, 0.15) is 41.1 Å². The van der Waals surface area contributed by atoms with Crippen molar-refractivity contribution in [3.8, 4) is 5.75 Å². The SMILES string of the molecule is Cc1cccc(N2C(=S)N(C(=O)c3ccc(Br)o3)[C@H]3C[C@@]2(C)Oc2ccccc23)c1. The van der Waals surface area contributed by atoms with E-state index >= 15 is 0 Å². The first-order valence-electron chi connectivity index (χ1n) is 9.65. The number of amides is 1. The summed E-state index contributed by atoms with van der Waals surface area (Å²) in [5, 5.41) is 0.395. The maximum Gasteiger partial charge on any atom is 0.296 e. The summed E-state index contributed by atoms with van der Waals surface area (Å²) in [7, 11) is 0. The molecule has 0 radical (unpaired) electrons. The predicted octanol–water partition coefficient (Wildman–Crippen LogP) is 5.84. The third-order valence-corrected chi connectivity index (χ3v) is 6.43. The lowest BCUT2D eigenvalue weighted by atomic mass is 9.88. The van der Waals surface area contributed by atoms with Gasteiger partial charge in [0.15, 0.2) is 21.3 Å². The van der Waals surface area contributed by atoms with Crippen molar-refractivity contribution in [2.75, 3.05) is 4.90 Å². The van der Waals surface area contributed by atoms with Crippen molar-refractivity contribution < 1.29 is 13.9 Å². The first-order chi connectivity index (χ1) is 14.4. The Morgan fingerprint density at radius 3 is 2.70 bits per heavy atom. The van der Waals surface area contributed by atoms with Crippen LogP contribution in [0, 0.1) is 6.92 Å². The minimum Gasteiger partial charge on any atom is -0.467 e. The number of thiocarbonyl (C=S) groups is 1. The highest BCUT2D eigenvalue weighted by Gasteiger charge is 2.53. The van der Waals surface area contributed by atoms with Gasteiger partial charge in [-0.25, -0.2) is 0 Å². The number of furan rings is 1. The fourth-order valence-corrected chi connectivity index (χ4v) is 5.15. The number of carbonyl (C=O) groups excluding carboxylic acids is 1. The number of carbonyl (C=O) groups is 1. The first kappa shape index (κ1) is 19.3. The van der Waals surface area contributed by atoms with E-state index in [1.54, 1.807) is 17.0 Å². The van der Waals surface area contributed by atoms with Crippen molar-refractivity contribution in [2.45, 2.75) is 32.0 Å². The molecule has 0 aliphatic carbocycles. The largest absolute Gasteiger partial charge is 0.467 e. The minimum absolute atomic E-state index is 0.237. The van der Waals surface area contributed by atoms with E-state index in [0.717, 1.165) is 22.6 Å². The molecule has 5 rings (SSSR count). The molecule has 0 unspecified atom stereocenters. The van der Waals surface area contributed by atoms with Gasteiger partial charge in [0, 0.05) is 17.7 Å². The summed E-state index contributed by atoms with van der Waals surface area (Å²) in [6, 6.07) is 19.0. The number of para-hydroxylation sites is 1. The van der Waals surface area contributed by atoms with Crippen molar-refractivity contribution in [1.29, 1.82) is 0 Å². The zero-order valence-corrected chi connectivity index (χ0v) is 18.9. The molecule has 2 atom stereocenters. The van der Waals surface area contributed by atoms with Gasteiger partial charge in [-0.15, -0.1) is 0 Å². The van der Waals surface area contributed by atoms with Crippen LogP contribution < -0.4 is 9.64 Å². The smallest absolute Gasteiger partial charge is 0.296 e. The molecule has 152 valence electrons. The number of ether oxygens (including phenoxy) is 1. The number of benzene rings is 2. The highest BCUT2D eigenvalue weighted by molar-refractivity contribution is 9.10. The molecule has 5 nitrogen and oxygen atoms in total. The zero-order valence-electron chi connectivity index (χ0n) is 16.5. The van der Waals surface area contributed by atoms with Gasteiger partial charge in [-0.05, 0) is 77.9 Å². The summed E-state index contributed by atoms with van der Waals surface area (Å²) >= 11 is 9.19. The van der Waals surface area contributed by atoms with Crippen molar-refractivity contribution in [3.05, 3.63) is 82.2 Å². The highest BCUT2D eigenvalue weighted by atomic mass is 79.9. The number of fused-ring (bicyclic) bond motifs is 4. The second-order valence-electron chi connectivity index (χ2n) is 7.77. The van der Waals surface area contributed by atoms with E-state index in [0.29, 0.717) is 16.2 Å². The molecule has 1 saturated heterocycles. The van der Waals surface area contributed by atoms with E-state index < -0.39 is 5.72 Å². The summed E-state index contributed by atoms with van der Waals surface area (Å²) in [4.78, 5) is 17.1. The van der Waals surface area contributed by atoms with Gasteiger partial charge in [-0.3, -0.25) is 14.6 Å². The van der Waals surface area contributed by atoms with Crippen LogP contribution in [0.15, 0.2) is 69.8 Å². The molecule has 30 heavy (non-hydrogen) atoms. The number of halogens is 1. The second kappa shape index (κ2) is 6.96. The van der Waals surface area contributed by atoms with Crippen molar-refractivity contribution in [3.63, 3.8) is 0 Å². The molecule has 2 aliphatic heterocycles. The Bertz CT molecular complexity index is 1180. The van der Waals surface area contributed by atoms with E-state index in [2.05, 4.69) is 15.9 Å². The molecular weight excluding hydrogens is 464 g/mol. The van der Waals surface area contributed by atoms with Gasteiger partial charge in [-0.2, -0.15) is 0 Å². The lowest BCUT2D eigenvalue weighted by molar-refractivity contribution is 0.0173. The average molecular weight is 483 g/mol. The number of hydrogen-bond donors (Lipinski definition) is 0. The predicted molar refractivity (Wildman–Crippen MR) is 122 cm³/mol. The molecule has 2 aliphatic rings. The highest BCUT2D eigenvalue weighted by Crippen LogP contribution is 2.49. The number of anilines is 1. The topological polar surface area (TPSA) is 45.9 Å². The lowest BCUT2D eigenvalue weighted by Crippen LogP contribution is -2.67. The molecule has 0 N–H and O–H groups in total. The van der Waals surface area contributed by atoms with E-state index in [1.807, 2.05) is 67.3 Å². The van der Waals surface area contributed by atoms with Gasteiger partial charge < -0.3 is 9.15 Å². The third-order valence-electron chi connectivity index (χ3n) is 5.62. The Morgan fingerprint density at radius 1 is 1.17 bits per heavy atom. The van der Waals surface area contributed by atoms with Crippen molar-refractivity contribution in [2.24, 2.45) is 0 Å². The monoisotopic (exact) mass is 482 g/mol. The second-order valence-corrected chi connectivity index (χ2v) is 8.92. The Balaban J connectivity index is 1.68. The number of rotatable bonds is 2. The summed E-state index contributed by atoms with van der Waals surface area (Å²) in [5.41, 5.74) is 2.22. The summed E-state index contributed by atoms with van der Waals surface area (Å²) in [6.45, 7) is 4.05. The van der Waals surface area contributed by atoms with Gasteiger partial charge in [0.1, 0.15) is 5.75 Å². The molecule has 1 amide bonds. The number of nitrogens with zero attached hydrogens (tertiary/aromatic N) is 2. The van der Waals surface area contributed by atoms with Crippen LogP contribution in [0.25, 0.3) is 0 Å². The molecular formula is C23H19BrN2O3S. The van der Waals surface area contributed by atoms with E-state index in [9.17, 15) is 4.79 Å². The van der Waals surface area contributed by atoms with Crippen LogP contribution in [0.4, 0.5) is 5.69 Å². The minimum atomic E-state index is -0.718. The Hall–Kier alpha value is -2.64. The van der Waals surface area contributed by atoms with Gasteiger partial charge in [0.25, 0.3) is 5.91 Å². The van der Waals surface area contributed by atoms with Crippen molar-refractivity contribution in [1.82, 2.24) is 4.90 Å². The van der Waals surface area contributed by atoms with Gasteiger partial charge >= 0.3 is 0 Å². The Morgan fingerprint density at radius 2 is 1.97 bits per heavy atom. The third kappa shape index (κ3) is 2.96. The van der Waals surface area contributed by atoms with Gasteiger partial charge in [0.2, 0.25) is 0 Å². The lowest BCUT2D eigenvalue weighted by Gasteiger charge is -2.55. The summed E-state index contributed by atoms with van der Waals surface area (Å²) in [5.74, 6) is 0.725. The number of hydrogen-bond acceptors (Lipinski definition) is 4. The average Bonchev–Trinajstić information content (AvgIpc) is 3.14. The Kier molecular flexibility index (Phi) is 4.48. The van der Waals surface area contributed by atoms with Crippen LogP contribution in [-0.4, -0.2) is 21.6 Å². The molecule has 1 fully saturated rings. The molecule has 0 spiro atoms. The van der Waals surface area contributed by atoms with Crippen LogP contribution >= 0.6 is 28.1 Å². The number of aryl methyl sites for hydroxylation is 1. The molecule has 1 aromatic heterocycles. The standard InChI is InChI=1S/C23H19BrN2O3S/c1-14-6-5-7-15(12-14)26-22(30)25(21(27)19-10-11-20(24)28-19)17-13-23(26,2)29-18-9-4-3-8-16(17)18/h3-12,17H,13H2,1-2H3/t17-,23+/m0/s1. The fraction of sp³-hybridized carbons (Fsp3) is 0.217. The first-order valence-corrected chi connectivity index (χ1v) is 10.9. The quantitative estimate of drug-likeness (QED) is 0.429. The molecule has 7 heteroatoms. The van der Waals surface area contributed by atoms with Crippen LogP contribution in [0.5, 0.6) is 5.75 Å². The molecule has 0 saturated carbocycles. The summed E-state index contributed by atoms with van der Waals surface area (Å²) in [6.07, 6.45) is 0.575. The van der Waals surface area contributed by atoms with Crippen LogP contribution in [0.3, 0.4) is 0 Å². The molecule has 3 heterocycles. The Labute approximate surface area is 188 Å². The van der Waals surface area contributed by atoms with Crippen LogP contribution in [-0.2, 0) is 0 Å². The maximum atomic E-state index is 13.5. The summed E-state index contributed by atoms with van der Waals surface area (Å²) < 4.78 is 12.6. The fourth-order valence-electron chi connectivity index (χ4n) is 4.33. The maximum absolute atomic E-state index is 13.5. The van der Waals surface area contributed by atoms with E-state index in [-0.39, 0.29) is 17.7 Å². The van der Waals surface area contributed by atoms with Crippen molar-refractivity contribution >= 4 is 44.9 Å². The van der Waals surface area contributed by atoms with E-state index in [1.165, 1.54) is 0 Å². The van der Waals surface area contributed by atoms with Crippen LogP contribution in [0.2, 0.25) is 0 Å². The normalized spacial score (nSPS) is 22.5. The van der Waals surface area contributed by atoms with E-state index in [4.69, 9.17) is 21.4 Å². The molecule has 2 bridgehead atoms. The molecule has 3 aromatic rings. The van der Waals surface area contributed by atoms with Gasteiger partial charge in [0.05, 0.1) is 6.04 Å².